The first-order chi connectivity index (χ1) is 17.4. The van der Waals surface area contributed by atoms with Crippen molar-refractivity contribution < 1.29 is 17.9 Å². The maximum atomic E-state index is 13.5. The molecule has 4 aliphatic rings. The molecule has 2 aromatic rings. The lowest BCUT2D eigenvalue weighted by Gasteiger charge is -2.34. The largest absolute Gasteiger partial charge is 0.377 e. The molecule has 2 N–H and O–H groups in total. The number of pyridine rings is 1. The molecule has 1 aromatic heterocycles. The Morgan fingerprint density at radius 3 is 2.44 bits per heavy atom. The van der Waals surface area contributed by atoms with Crippen molar-refractivity contribution >= 4 is 33.1 Å². The summed E-state index contributed by atoms with van der Waals surface area (Å²) in [7, 11) is -3.40. The van der Waals surface area contributed by atoms with Crippen LogP contribution in [0.5, 0.6) is 0 Å². The van der Waals surface area contributed by atoms with E-state index in [4.69, 9.17) is 9.72 Å². The predicted octanol–water partition coefficient (Wildman–Crippen LogP) is 4.24. The monoisotopic (exact) mass is 510 g/mol. The number of benzene rings is 1. The van der Waals surface area contributed by atoms with Gasteiger partial charge in [0.25, 0.3) is 5.91 Å². The Morgan fingerprint density at radius 2 is 1.78 bits per heavy atom. The van der Waals surface area contributed by atoms with Crippen molar-refractivity contribution in [1.82, 2.24) is 4.98 Å². The van der Waals surface area contributed by atoms with Crippen LogP contribution in [0.3, 0.4) is 0 Å². The highest BCUT2D eigenvalue weighted by molar-refractivity contribution is 7.92. The molecule has 0 unspecified atom stereocenters. The van der Waals surface area contributed by atoms with E-state index in [9.17, 15) is 13.2 Å². The van der Waals surface area contributed by atoms with Gasteiger partial charge in [-0.25, -0.2) is 13.4 Å². The zero-order valence-electron chi connectivity index (χ0n) is 20.5. The highest BCUT2D eigenvalue weighted by Crippen LogP contribution is 2.54. The second kappa shape index (κ2) is 9.34. The molecule has 4 fully saturated rings. The van der Waals surface area contributed by atoms with Crippen molar-refractivity contribution in [2.24, 2.45) is 5.41 Å². The lowest BCUT2D eigenvalue weighted by Crippen LogP contribution is -2.41. The van der Waals surface area contributed by atoms with Gasteiger partial charge in [0.15, 0.2) is 9.84 Å². The summed E-state index contributed by atoms with van der Waals surface area (Å²) in [5.41, 5.74) is 1.50. The van der Waals surface area contributed by atoms with Gasteiger partial charge in [0.05, 0.1) is 35.0 Å². The summed E-state index contributed by atoms with van der Waals surface area (Å²) in [5, 5.41) is 6.01. The average Bonchev–Trinajstić information content (AvgIpc) is 3.36. The molecular formula is C27H34N4O4S. The first kappa shape index (κ1) is 23.7. The Hall–Kier alpha value is -2.65. The van der Waals surface area contributed by atoms with Gasteiger partial charge in [0, 0.05) is 18.8 Å². The third-order valence-electron chi connectivity index (χ3n) is 8.35. The van der Waals surface area contributed by atoms with E-state index in [1.807, 2.05) is 12.1 Å². The van der Waals surface area contributed by atoms with Crippen LogP contribution >= 0.6 is 0 Å². The second-order valence-electron chi connectivity index (χ2n) is 10.9. The van der Waals surface area contributed by atoms with Crippen LogP contribution in [0.2, 0.25) is 0 Å². The maximum Gasteiger partial charge on any atom is 0.259 e. The molecule has 2 saturated carbocycles. The first-order valence-electron chi connectivity index (χ1n) is 13.2. The molecule has 8 nitrogen and oxygen atoms in total. The van der Waals surface area contributed by atoms with Crippen LogP contribution in [0, 0.1) is 5.41 Å². The van der Waals surface area contributed by atoms with Crippen LogP contribution in [-0.4, -0.2) is 56.9 Å². The number of sulfone groups is 1. The van der Waals surface area contributed by atoms with E-state index in [-0.39, 0.29) is 22.1 Å². The fourth-order valence-electron chi connectivity index (χ4n) is 5.69. The van der Waals surface area contributed by atoms with Crippen LogP contribution in [0.25, 0.3) is 0 Å². The number of anilines is 3. The van der Waals surface area contributed by atoms with Crippen LogP contribution in [0.1, 0.15) is 61.7 Å². The number of nitrogens with zero attached hydrogens (tertiary/aromatic N) is 2. The van der Waals surface area contributed by atoms with Crippen LogP contribution in [-0.2, 0) is 14.6 Å². The zero-order chi connectivity index (χ0) is 24.8. The van der Waals surface area contributed by atoms with E-state index >= 15 is 0 Å². The molecule has 6 rings (SSSR count). The lowest BCUT2D eigenvalue weighted by atomic mass is 9.93. The molecule has 0 bridgehead atoms. The fourth-order valence-corrected chi connectivity index (χ4v) is 7.58. The van der Waals surface area contributed by atoms with Gasteiger partial charge in [-0.1, -0.05) is 18.9 Å². The van der Waals surface area contributed by atoms with E-state index in [0.29, 0.717) is 48.5 Å². The second-order valence-corrected chi connectivity index (χ2v) is 13.1. The van der Waals surface area contributed by atoms with Crippen molar-refractivity contribution in [3.05, 3.63) is 42.0 Å². The minimum Gasteiger partial charge on any atom is -0.377 e. The van der Waals surface area contributed by atoms with Gasteiger partial charge in [0.1, 0.15) is 11.6 Å². The number of ether oxygens (including phenoxy) is 1. The third-order valence-corrected chi connectivity index (χ3v) is 10.6. The zero-order valence-corrected chi connectivity index (χ0v) is 21.4. The molecule has 0 radical (unpaired) electrons. The quantitative estimate of drug-likeness (QED) is 0.575. The van der Waals surface area contributed by atoms with Crippen molar-refractivity contribution in [1.29, 1.82) is 0 Å². The van der Waals surface area contributed by atoms with Gasteiger partial charge < -0.3 is 20.3 Å². The molecule has 9 heteroatoms. The highest BCUT2D eigenvalue weighted by Gasteiger charge is 2.45. The molecule has 192 valence electrons. The number of amides is 1. The number of hydrogen-bond donors (Lipinski definition) is 2. The average molecular weight is 511 g/mol. The predicted molar refractivity (Wildman–Crippen MR) is 139 cm³/mol. The molecule has 2 aliphatic carbocycles. The Balaban J connectivity index is 1.24. The molecule has 1 amide bonds. The fraction of sp³-hybridized carbons (Fsp3) is 0.556. The molecule has 36 heavy (non-hydrogen) atoms. The summed E-state index contributed by atoms with van der Waals surface area (Å²) in [6.45, 7) is 3.09. The summed E-state index contributed by atoms with van der Waals surface area (Å²) in [4.78, 5) is 20.8. The molecule has 3 heterocycles. The topological polar surface area (TPSA) is 101 Å². The van der Waals surface area contributed by atoms with Gasteiger partial charge in [-0.15, -0.1) is 0 Å². The van der Waals surface area contributed by atoms with Crippen LogP contribution < -0.4 is 15.5 Å². The molecular weight excluding hydrogens is 476 g/mol. The van der Waals surface area contributed by atoms with Crippen molar-refractivity contribution in [2.75, 3.05) is 41.8 Å². The Morgan fingerprint density at radius 1 is 1.03 bits per heavy atom. The number of rotatable bonds is 7. The van der Waals surface area contributed by atoms with Crippen molar-refractivity contribution in [3.8, 4) is 0 Å². The van der Waals surface area contributed by atoms with E-state index in [0.717, 1.165) is 44.6 Å². The maximum absolute atomic E-state index is 13.5. The lowest BCUT2D eigenvalue weighted by molar-refractivity contribution is 0.0209. The summed E-state index contributed by atoms with van der Waals surface area (Å²) in [6, 6.07) is 10.5. The minimum absolute atomic E-state index is 0.241. The normalized spacial score (nSPS) is 21.8. The molecule has 0 atom stereocenters. The third kappa shape index (κ3) is 4.70. The Bertz CT molecular complexity index is 1240. The standard InChI is InChI=1S/C27H34N4O4S/c32-26(29-19-4-3-7-22(16-19)36(33,34)21-5-1-2-6-21)23-8-9-24(28-20-17-35-18-20)30-25(23)31-14-12-27(10-11-27)13-15-31/h3-4,7-9,16,20-21H,1-2,5-6,10-15,17-18H2,(H,28,30)(H,29,32). The van der Waals surface area contributed by atoms with E-state index < -0.39 is 9.84 Å². The van der Waals surface area contributed by atoms with Gasteiger partial charge in [0.2, 0.25) is 0 Å². The molecule has 1 spiro atoms. The molecule has 1 aromatic carbocycles. The van der Waals surface area contributed by atoms with Gasteiger partial charge in [-0.2, -0.15) is 0 Å². The summed E-state index contributed by atoms with van der Waals surface area (Å²) >= 11 is 0. The smallest absolute Gasteiger partial charge is 0.259 e. The number of piperidine rings is 1. The van der Waals surface area contributed by atoms with E-state index in [1.54, 1.807) is 24.3 Å². The van der Waals surface area contributed by atoms with Crippen molar-refractivity contribution in [3.63, 3.8) is 0 Å². The summed E-state index contributed by atoms with van der Waals surface area (Å²) in [5.74, 6) is 1.15. The van der Waals surface area contributed by atoms with Gasteiger partial charge in [-0.3, -0.25) is 4.79 Å². The SMILES string of the molecule is O=C(Nc1cccc(S(=O)(=O)C2CCCC2)c1)c1ccc(NC2COC2)nc1N1CCC2(CC1)CC2. The minimum atomic E-state index is -3.40. The molecule has 2 aliphatic heterocycles. The number of hydrogen-bond acceptors (Lipinski definition) is 7. The van der Waals surface area contributed by atoms with E-state index in [1.165, 1.54) is 12.8 Å². The number of aromatic nitrogens is 1. The summed E-state index contributed by atoms with van der Waals surface area (Å²) in [6.07, 6.45) is 8.20. The highest BCUT2D eigenvalue weighted by atomic mass is 32.2. The number of carbonyl (C=O) groups excluding carboxylic acids is 1. The number of nitrogens with one attached hydrogen (secondary N) is 2. The van der Waals surface area contributed by atoms with Gasteiger partial charge >= 0.3 is 0 Å². The number of carbonyl (C=O) groups is 1. The van der Waals surface area contributed by atoms with Crippen LogP contribution in [0.15, 0.2) is 41.3 Å². The first-order valence-corrected chi connectivity index (χ1v) is 14.7. The van der Waals surface area contributed by atoms with Gasteiger partial charge in [-0.05, 0) is 74.3 Å². The van der Waals surface area contributed by atoms with Crippen molar-refractivity contribution in [2.45, 2.75) is 67.6 Å². The summed E-state index contributed by atoms with van der Waals surface area (Å²) < 4.78 is 31.4. The van der Waals surface area contributed by atoms with Crippen LogP contribution in [0.4, 0.5) is 17.3 Å². The Kier molecular flexibility index (Phi) is 6.16. The van der Waals surface area contributed by atoms with E-state index in [2.05, 4.69) is 15.5 Å². The Labute approximate surface area is 212 Å². The molecule has 2 saturated heterocycles.